The van der Waals surface area contributed by atoms with E-state index in [1.165, 1.54) is 0 Å². The molecule has 2 heterocycles. The zero-order valence-electron chi connectivity index (χ0n) is 14.2. The van der Waals surface area contributed by atoms with Crippen LogP contribution >= 0.6 is 28.3 Å². The van der Waals surface area contributed by atoms with Gasteiger partial charge in [0.1, 0.15) is 0 Å². The second-order valence-corrected chi connectivity index (χ2v) is 7.57. The largest absolute Gasteiger partial charge is 0.352 e. The van der Waals surface area contributed by atoms with Gasteiger partial charge in [-0.2, -0.15) is 0 Å². The average Bonchev–Trinajstić information content (AvgIpc) is 2.93. The van der Waals surface area contributed by atoms with Crippen molar-refractivity contribution in [3.63, 3.8) is 0 Å². The zero-order valence-corrected chi connectivity index (χ0v) is 16.6. The van der Waals surface area contributed by atoms with Crippen LogP contribution in [-0.4, -0.2) is 49.4 Å². The van der Waals surface area contributed by atoms with Crippen LogP contribution in [0.5, 0.6) is 0 Å². The molecule has 1 aromatic carbocycles. The van der Waals surface area contributed by atoms with Crippen molar-refractivity contribution in [3.05, 3.63) is 34.3 Å². The van der Waals surface area contributed by atoms with Gasteiger partial charge in [0, 0.05) is 36.1 Å². The second kappa shape index (κ2) is 9.55. The molecule has 138 valence electrons. The minimum atomic E-state index is -0.133. The average molecular weight is 431 g/mol. The van der Waals surface area contributed by atoms with E-state index in [0.29, 0.717) is 18.5 Å². The number of nitrogens with zero attached hydrogens (tertiary/aromatic N) is 1. The first-order chi connectivity index (χ1) is 11.6. The van der Waals surface area contributed by atoms with E-state index in [4.69, 9.17) is 0 Å². The topological polar surface area (TPSA) is 61.4 Å². The third-order valence-corrected chi connectivity index (χ3v) is 5.63. The lowest BCUT2D eigenvalue weighted by Gasteiger charge is -2.21. The fourth-order valence-corrected chi connectivity index (χ4v) is 3.88. The molecule has 2 aliphatic rings. The molecule has 7 heteroatoms. The molecule has 2 fully saturated rings. The number of hydrogen-bond acceptors (Lipinski definition) is 3. The van der Waals surface area contributed by atoms with Gasteiger partial charge in [0.2, 0.25) is 5.91 Å². The zero-order chi connectivity index (χ0) is 16.9. The van der Waals surface area contributed by atoms with Crippen LogP contribution in [-0.2, 0) is 4.79 Å². The van der Waals surface area contributed by atoms with Crippen molar-refractivity contribution in [2.24, 2.45) is 11.8 Å². The van der Waals surface area contributed by atoms with E-state index >= 15 is 0 Å². The van der Waals surface area contributed by atoms with Crippen LogP contribution < -0.4 is 10.6 Å². The van der Waals surface area contributed by atoms with Crippen LogP contribution in [0.1, 0.15) is 29.6 Å². The van der Waals surface area contributed by atoms with Crippen molar-refractivity contribution in [2.75, 3.05) is 32.7 Å². The van der Waals surface area contributed by atoms with Crippen LogP contribution in [0, 0.1) is 11.8 Å². The van der Waals surface area contributed by atoms with Crippen molar-refractivity contribution >= 4 is 40.2 Å². The highest BCUT2D eigenvalue weighted by molar-refractivity contribution is 9.10. The van der Waals surface area contributed by atoms with Crippen LogP contribution in [0.25, 0.3) is 0 Å². The predicted octanol–water partition coefficient (Wildman–Crippen LogP) is 2.45. The normalized spacial score (nSPS) is 22.5. The van der Waals surface area contributed by atoms with Gasteiger partial charge in [-0.3, -0.25) is 9.59 Å². The molecule has 25 heavy (non-hydrogen) atoms. The van der Waals surface area contributed by atoms with Crippen LogP contribution in [0.15, 0.2) is 28.7 Å². The summed E-state index contributed by atoms with van der Waals surface area (Å²) < 4.78 is 0.940. The van der Waals surface area contributed by atoms with E-state index in [0.717, 1.165) is 55.3 Å². The fourth-order valence-electron chi connectivity index (χ4n) is 3.61. The summed E-state index contributed by atoms with van der Waals surface area (Å²) in [7, 11) is 0. The maximum Gasteiger partial charge on any atom is 0.251 e. The number of benzene rings is 1. The highest BCUT2D eigenvalue weighted by Gasteiger charge is 2.31. The van der Waals surface area contributed by atoms with Gasteiger partial charge in [-0.1, -0.05) is 15.9 Å². The first-order valence-electron chi connectivity index (χ1n) is 8.66. The minimum Gasteiger partial charge on any atom is -0.352 e. The van der Waals surface area contributed by atoms with Gasteiger partial charge in [0.15, 0.2) is 0 Å². The maximum absolute atomic E-state index is 12.4. The summed E-state index contributed by atoms with van der Waals surface area (Å²) in [5.74, 6) is 1.46. The van der Waals surface area contributed by atoms with Gasteiger partial charge >= 0.3 is 0 Å². The van der Waals surface area contributed by atoms with Gasteiger partial charge in [0.05, 0.1) is 0 Å². The Kier molecular flexibility index (Phi) is 7.72. The maximum atomic E-state index is 12.4. The number of likely N-dealkylation sites (tertiary alicyclic amines) is 1. The summed E-state index contributed by atoms with van der Waals surface area (Å²) in [6.45, 7) is 4.27. The summed E-state index contributed by atoms with van der Waals surface area (Å²) in [5, 5.41) is 6.28. The van der Waals surface area contributed by atoms with Crippen LogP contribution in [0.2, 0.25) is 0 Å². The molecule has 0 unspecified atom stereocenters. The molecule has 0 bridgehead atoms. The SMILES string of the molecule is Cl.O=C(NCCC(=O)N1CC[C@@H]2CNC[C@@H]2CC1)c1ccc(Br)cc1. The molecule has 0 spiro atoms. The van der Waals surface area contributed by atoms with Gasteiger partial charge < -0.3 is 15.5 Å². The van der Waals surface area contributed by atoms with Gasteiger partial charge in [-0.25, -0.2) is 0 Å². The summed E-state index contributed by atoms with van der Waals surface area (Å²) in [4.78, 5) is 26.4. The molecule has 1 aromatic rings. The number of nitrogens with one attached hydrogen (secondary N) is 2. The summed E-state index contributed by atoms with van der Waals surface area (Å²) in [6, 6.07) is 7.21. The molecule has 2 saturated heterocycles. The van der Waals surface area contributed by atoms with Crippen molar-refractivity contribution in [2.45, 2.75) is 19.3 Å². The quantitative estimate of drug-likeness (QED) is 0.771. The molecular weight excluding hydrogens is 406 g/mol. The van der Waals surface area contributed by atoms with Gasteiger partial charge in [-0.05, 0) is 62.0 Å². The highest BCUT2D eigenvalue weighted by atomic mass is 79.9. The molecule has 2 aliphatic heterocycles. The Balaban J connectivity index is 0.00000225. The van der Waals surface area contributed by atoms with Crippen molar-refractivity contribution in [3.8, 4) is 0 Å². The summed E-state index contributed by atoms with van der Waals surface area (Å²) in [5.41, 5.74) is 0.612. The lowest BCUT2D eigenvalue weighted by atomic mass is 9.92. The second-order valence-electron chi connectivity index (χ2n) is 6.65. The van der Waals surface area contributed by atoms with E-state index in [1.54, 1.807) is 12.1 Å². The minimum absolute atomic E-state index is 0. The standard InChI is InChI=1S/C18H24BrN3O2.ClH/c19-16-3-1-13(2-4-16)18(24)21-8-5-17(23)22-9-6-14-11-20-12-15(14)7-10-22;/h1-4,14-15,20H,5-12H2,(H,21,24);1H/t14-,15+;. The molecule has 0 saturated carbocycles. The van der Waals surface area contributed by atoms with E-state index < -0.39 is 0 Å². The molecule has 0 aliphatic carbocycles. The Hall–Kier alpha value is -1.11. The monoisotopic (exact) mass is 429 g/mol. The van der Waals surface area contributed by atoms with E-state index in [2.05, 4.69) is 26.6 Å². The third kappa shape index (κ3) is 5.43. The Morgan fingerprint density at radius 3 is 2.32 bits per heavy atom. The molecule has 0 radical (unpaired) electrons. The number of carbonyl (C=O) groups is 2. The fraction of sp³-hybridized carbons (Fsp3) is 0.556. The molecule has 2 N–H and O–H groups in total. The van der Waals surface area contributed by atoms with Crippen molar-refractivity contribution < 1.29 is 9.59 Å². The number of amides is 2. The Labute approximate surface area is 163 Å². The molecule has 2 atom stereocenters. The summed E-state index contributed by atoms with van der Waals surface area (Å²) in [6.07, 6.45) is 2.55. The molecule has 3 rings (SSSR count). The molecular formula is C18H25BrClN3O2. The summed E-state index contributed by atoms with van der Waals surface area (Å²) >= 11 is 3.35. The van der Waals surface area contributed by atoms with Crippen LogP contribution in [0.4, 0.5) is 0 Å². The Morgan fingerprint density at radius 1 is 1.12 bits per heavy atom. The number of carbonyl (C=O) groups excluding carboxylic acids is 2. The van der Waals surface area contributed by atoms with Gasteiger partial charge in [-0.15, -0.1) is 12.4 Å². The number of halogens is 2. The third-order valence-electron chi connectivity index (χ3n) is 5.10. The number of hydrogen-bond donors (Lipinski definition) is 2. The predicted molar refractivity (Wildman–Crippen MR) is 104 cm³/mol. The van der Waals surface area contributed by atoms with Crippen LogP contribution in [0.3, 0.4) is 0 Å². The smallest absolute Gasteiger partial charge is 0.251 e. The van der Waals surface area contributed by atoms with Crippen molar-refractivity contribution in [1.82, 2.24) is 15.5 Å². The lowest BCUT2D eigenvalue weighted by Crippen LogP contribution is -2.35. The lowest BCUT2D eigenvalue weighted by molar-refractivity contribution is -0.131. The molecule has 0 aromatic heterocycles. The Bertz CT molecular complexity index is 582. The number of fused-ring (bicyclic) bond motifs is 1. The molecule has 2 amide bonds. The van der Waals surface area contributed by atoms with E-state index in [-0.39, 0.29) is 24.2 Å². The highest BCUT2D eigenvalue weighted by Crippen LogP contribution is 2.27. The van der Waals surface area contributed by atoms with Crippen molar-refractivity contribution in [1.29, 1.82) is 0 Å². The first kappa shape index (κ1) is 20.2. The van der Waals surface area contributed by atoms with Gasteiger partial charge in [0.25, 0.3) is 5.91 Å². The van der Waals surface area contributed by atoms with E-state index in [9.17, 15) is 9.59 Å². The number of rotatable bonds is 4. The first-order valence-corrected chi connectivity index (χ1v) is 9.45. The Morgan fingerprint density at radius 2 is 1.72 bits per heavy atom. The molecule has 5 nitrogen and oxygen atoms in total. The van der Waals surface area contributed by atoms with E-state index in [1.807, 2.05) is 17.0 Å².